The van der Waals surface area contributed by atoms with Gasteiger partial charge in [-0.25, -0.2) is 4.98 Å². The number of aromatic nitrogens is 1. The molecule has 3 aromatic rings. The zero-order valence-electron chi connectivity index (χ0n) is 12.9. The molecule has 0 aliphatic carbocycles. The summed E-state index contributed by atoms with van der Waals surface area (Å²) >= 11 is 1.57. The van der Waals surface area contributed by atoms with Crippen LogP contribution in [0, 0.1) is 18.8 Å². The van der Waals surface area contributed by atoms with Gasteiger partial charge in [0, 0.05) is 22.7 Å². The molecular formula is C18H11F3N2OS. The molecule has 3 rings (SSSR count). The van der Waals surface area contributed by atoms with Gasteiger partial charge in [0.05, 0.1) is 15.2 Å². The van der Waals surface area contributed by atoms with Crippen LogP contribution in [0.15, 0.2) is 42.5 Å². The van der Waals surface area contributed by atoms with Gasteiger partial charge in [-0.05, 0) is 49.4 Å². The maximum Gasteiger partial charge on any atom is 0.458 e. The second kappa shape index (κ2) is 6.57. The summed E-state index contributed by atoms with van der Waals surface area (Å²) in [6.07, 6.45) is -4.54. The van der Waals surface area contributed by atoms with Crippen LogP contribution in [0.3, 0.4) is 0 Å². The summed E-state index contributed by atoms with van der Waals surface area (Å²) in [6.45, 7) is 1.91. The van der Waals surface area contributed by atoms with E-state index in [9.17, 15) is 18.0 Å². The lowest BCUT2D eigenvalue weighted by molar-refractivity contribution is -0.0696. The fourth-order valence-electron chi connectivity index (χ4n) is 2.17. The van der Waals surface area contributed by atoms with Crippen LogP contribution in [0.1, 0.15) is 20.9 Å². The van der Waals surface area contributed by atoms with Gasteiger partial charge in [0.2, 0.25) is 0 Å². The number of alkyl halides is 3. The van der Waals surface area contributed by atoms with Crippen molar-refractivity contribution in [2.24, 2.45) is 0 Å². The number of carbonyl (C=O) groups is 1. The summed E-state index contributed by atoms with van der Waals surface area (Å²) in [4.78, 5) is 16.6. The molecule has 1 amide bonds. The summed E-state index contributed by atoms with van der Waals surface area (Å²) < 4.78 is 37.2. The minimum Gasteiger partial charge on any atom is -0.322 e. The second-order valence-electron chi connectivity index (χ2n) is 5.19. The Labute approximate surface area is 145 Å². The van der Waals surface area contributed by atoms with Crippen molar-refractivity contribution in [1.82, 2.24) is 4.98 Å². The average Bonchev–Trinajstić information content (AvgIpc) is 2.92. The van der Waals surface area contributed by atoms with Gasteiger partial charge in [-0.2, -0.15) is 13.2 Å². The van der Waals surface area contributed by atoms with Crippen molar-refractivity contribution in [3.8, 4) is 11.8 Å². The number of rotatable bonds is 2. The van der Waals surface area contributed by atoms with E-state index in [2.05, 4.69) is 10.3 Å². The Balaban J connectivity index is 1.74. The number of thiazole rings is 1. The van der Waals surface area contributed by atoms with Crippen molar-refractivity contribution in [3.63, 3.8) is 0 Å². The van der Waals surface area contributed by atoms with Crippen LogP contribution < -0.4 is 5.32 Å². The van der Waals surface area contributed by atoms with Crippen LogP contribution in [0.25, 0.3) is 10.2 Å². The molecule has 0 aliphatic rings. The fraction of sp³-hybridized carbons (Fsp3) is 0.111. The largest absolute Gasteiger partial charge is 0.458 e. The first-order valence-electron chi connectivity index (χ1n) is 7.19. The molecule has 3 nitrogen and oxygen atoms in total. The van der Waals surface area contributed by atoms with Crippen LogP contribution in [0.5, 0.6) is 0 Å². The molecule has 0 unspecified atom stereocenters. The van der Waals surface area contributed by atoms with Crippen molar-refractivity contribution >= 4 is 33.1 Å². The first-order valence-corrected chi connectivity index (χ1v) is 8.00. The molecule has 1 N–H and O–H groups in total. The third-order valence-corrected chi connectivity index (χ3v) is 4.20. The fourth-order valence-corrected chi connectivity index (χ4v) is 2.98. The maximum absolute atomic E-state index is 12.2. The van der Waals surface area contributed by atoms with Crippen LogP contribution in [0.2, 0.25) is 0 Å². The molecule has 1 aromatic heterocycles. The van der Waals surface area contributed by atoms with E-state index in [1.54, 1.807) is 23.5 Å². The van der Waals surface area contributed by atoms with Gasteiger partial charge in [-0.3, -0.25) is 4.79 Å². The second-order valence-corrected chi connectivity index (χ2v) is 6.43. The maximum atomic E-state index is 12.2. The Morgan fingerprint density at radius 1 is 1.16 bits per heavy atom. The molecule has 0 saturated carbocycles. The number of hydrogen-bond donors (Lipinski definition) is 1. The summed E-state index contributed by atoms with van der Waals surface area (Å²) in [7, 11) is 0. The van der Waals surface area contributed by atoms with E-state index < -0.39 is 6.18 Å². The highest BCUT2D eigenvalue weighted by Crippen LogP contribution is 2.24. The van der Waals surface area contributed by atoms with E-state index in [1.165, 1.54) is 30.2 Å². The Kier molecular flexibility index (Phi) is 4.47. The normalized spacial score (nSPS) is 11.0. The molecule has 25 heavy (non-hydrogen) atoms. The highest BCUT2D eigenvalue weighted by molar-refractivity contribution is 7.18. The molecule has 0 radical (unpaired) electrons. The smallest absolute Gasteiger partial charge is 0.322 e. The number of fused-ring (bicyclic) bond motifs is 1. The quantitative estimate of drug-likeness (QED) is 0.669. The Hall–Kier alpha value is -2.85. The lowest BCUT2D eigenvalue weighted by Gasteiger charge is -2.05. The highest BCUT2D eigenvalue weighted by Gasteiger charge is 2.22. The van der Waals surface area contributed by atoms with E-state index in [0.717, 1.165) is 15.2 Å². The van der Waals surface area contributed by atoms with Crippen molar-refractivity contribution in [2.75, 3.05) is 5.32 Å². The summed E-state index contributed by atoms with van der Waals surface area (Å²) in [5.41, 5.74) is 1.92. The minimum absolute atomic E-state index is 0.188. The van der Waals surface area contributed by atoms with Crippen LogP contribution in [-0.2, 0) is 0 Å². The predicted molar refractivity (Wildman–Crippen MR) is 91.7 cm³/mol. The number of hydrogen-bond acceptors (Lipinski definition) is 3. The van der Waals surface area contributed by atoms with Gasteiger partial charge < -0.3 is 5.32 Å². The Bertz CT molecular complexity index is 995. The first-order chi connectivity index (χ1) is 11.8. The van der Waals surface area contributed by atoms with Crippen LogP contribution in [-0.4, -0.2) is 17.1 Å². The number of amides is 1. The van der Waals surface area contributed by atoms with Gasteiger partial charge >= 0.3 is 6.18 Å². The molecule has 0 atom stereocenters. The number of aryl methyl sites for hydroxylation is 1. The van der Waals surface area contributed by atoms with Gasteiger partial charge in [-0.1, -0.05) is 5.92 Å². The van der Waals surface area contributed by atoms with Gasteiger partial charge in [0.25, 0.3) is 5.91 Å². The molecule has 0 bridgehead atoms. The summed E-state index contributed by atoms with van der Waals surface area (Å²) in [6, 6.07) is 11.1. The van der Waals surface area contributed by atoms with Crippen LogP contribution >= 0.6 is 11.3 Å². The first kappa shape index (κ1) is 17.0. The van der Waals surface area contributed by atoms with Crippen molar-refractivity contribution < 1.29 is 18.0 Å². The van der Waals surface area contributed by atoms with Gasteiger partial charge in [0.15, 0.2) is 0 Å². The molecule has 2 aromatic carbocycles. The molecule has 0 saturated heterocycles. The van der Waals surface area contributed by atoms with Gasteiger partial charge in [0.1, 0.15) is 0 Å². The minimum atomic E-state index is -4.54. The number of benzene rings is 2. The SMILES string of the molecule is Cc1nc2cc(NC(=O)c3ccc(C#CC(F)(F)F)cc3)ccc2s1. The van der Waals surface area contributed by atoms with Crippen molar-refractivity contribution in [3.05, 3.63) is 58.6 Å². The molecule has 126 valence electrons. The van der Waals surface area contributed by atoms with E-state index in [-0.39, 0.29) is 11.5 Å². The molecule has 1 heterocycles. The van der Waals surface area contributed by atoms with E-state index in [4.69, 9.17) is 0 Å². The van der Waals surface area contributed by atoms with E-state index in [0.29, 0.717) is 11.3 Å². The van der Waals surface area contributed by atoms with E-state index in [1.807, 2.05) is 18.9 Å². The monoisotopic (exact) mass is 360 g/mol. The highest BCUT2D eigenvalue weighted by atomic mass is 32.1. The third-order valence-electron chi connectivity index (χ3n) is 3.25. The zero-order chi connectivity index (χ0) is 18.0. The number of halogens is 3. The molecular weight excluding hydrogens is 349 g/mol. The average molecular weight is 360 g/mol. The summed E-state index contributed by atoms with van der Waals surface area (Å²) in [5, 5.41) is 3.68. The predicted octanol–water partition coefficient (Wildman–Crippen LogP) is 4.77. The topological polar surface area (TPSA) is 42.0 Å². The van der Waals surface area contributed by atoms with Crippen LogP contribution in [0.4, 0.5) is 18.9 Å². The molecule has 0 fully saturated rings. The Morgan fingerprint density at radius 3 is 2.56 bits per heavy atom. The number of anilines is 1. The standard InChI is InChI=1S/C18H11F3N2OS/c1-11-22-15-10-14(6-7-16(15)25-11)23-17(24)13-4-2-12(3-5-13)8-9-18(19,20)21/h2-7,10H,1H3,(H,23,24). The Morgan fingerprint density at radius 2 is 1.88 bits per heavy atom. The molecule has 7 heteroatoms. The summed E-state index contributed by atoms with van der Waals surface area (Å²) in [5.74, 6) is 2.84. The number of carbonyl (C=O) groups excluding carboxylic acids is 1. The van der Waals surface area contributed by atoms with E-state index >= 15 is 0 Å². The molecule has 0 spiro atoms. The van der Waals surface area contributed by atoms with Crippen molar-refractivity contribution in [1.29, 1.82) is 0 Å². The van der Waals surface area contributed by atoms with Gasteiger partial charge in [-0.15, -0.1) is 11.3 Å². The lowest BCUT2D eigenvalue weighted by atomic mass is 10.1. The molecule has 0 aliphatic heterocycles. The lowest BCUT2D eigenvalue weighted by Crippen LogP contribution is -2.11. The number of nitrogens with one attached hydrogen (secondary N) is 1. The zero-order valence-corrected chi connectivity index (χ0v) is 13.8. The van der Waals surface area contributed by atoms with Crippen molar-refractivity contribution in [2.45, 2.75) is 13.1 Å². The third kappa shape index (κ3) is 4.37. The number of nitrogens with zero attached hydrogens (tertiary/aromatic N) is 1.